The number of fused-ring (bicyclic) bond motifs is 1. The standard InChI is InChI=1S/C14H19N2O/c1-2-6-12(7-3-1)10-16-11-17-14-9-5-4-8-13(14)15-16/h4-5,8-9,12H,1-3,6-7,10-11H2/q+1. The SMILES string of the molecule is c1ccc2c(c1)N=[N+](CC1CCCCC1)CO2. The molecule has 0 spiro atoms. The van der Waals surface area contributed by atoms with E-state index in [4.69, 9.17) is 4.74 Å². The van der Waals surface area contributed by atoms with E-state index in [2.05, 4.69) is 9.81 Å². The first kappa shape index (κ1) is 10.8. The third-order valence-electron chi connectivity index (χ3n) is 3.68. The average molecular weight is 231 g/mol. The Labute approximate surface area is 102 Å². The molecule has 3 nitrogen and oxygen atoms in total. The zero-order valence-corrected chi connectivity index (χ0v) is 10.1. The van der Waals surface area contributed by atoms with Gasteiger partial charge in [-0.15, -0.1) is 0 Å². The van der Waals surface area contributed by atoms with Gasteiger partial charge in [-0.05, 0) is 25.0 Å². The van der Waals surface area contributed by atoms with Gasteiger partial charge in [-0.1, -0.05) is 36.1 Å². The molecule has 3 rings (SSSR count). The average Bonchev–Trinajstić information content (AvgIpc) is 2.40. The van der Waals surface area contributed by atoms with Crippen LogP contribution in [0.25, 0.3) is 0 Å². The highest BCUT2D eigenvalue weighted by molar-refractivity contribution is 5.50. The molecular formula is C14H19N2O+. The van der Waals surface area contributed by atoms with Gasteiger partial charge in [0, 0.05) is 11.0 Å². The Bertz CT molecular complexity index is 422. The van der Waals surface area contributed by atoms with E-state index in [0.717, 1.165) is 23.9 Å². The summed E-state index contributed by atoms with van der Waals surface area (Å²) in [5.41, 5.74) is 0.967. The van der Waals surface area contributed by atoms with E-state index in [9.17, 15) is 0 Å². The van der Waals surface area contributed by atoms with E-state index in [1.54, 1.807) is 0 Å². The highest BCUT2D eigenvalue weighted by Crippen LogP contribution is 2.31. The Balaban J connectivity index is 1.70. The summed E-state index contributed by atoms with van der Waals surface area (Å²) in [6, 6.07) is 8.00. The number of para-hydroxylation sites is 1. The molecule has 3 heteroatoms. The Morgan fingerprint density at radius 2 is 2.00 bits per heavy atom. The van der Waals surface area contributed by atoms with Crippen LogP contribution in [0.2, 0.25) is 0 Å². The number of azo groups is 2. The molecule has 0 N–H and O–H groups in total. The minimum atomic E-state index is 0.605. The highest BCUT2D eigenvalue weighted by Gasteiger charge is 2.23. The third-order valence-corrected chi connectivity index (χ3v) is 3.68. The fourth-order valence-electron chi connectivity index (χ4n) is 2.75. The summed E-state index contributed by atoms with van der Waals surface area (Å²) in [7, 11) is 0. The molecule has 1 aromatic carbocycles. The van der Waals surface area contributed by atoms with Crippen molar-refractivity contribution in [1.29, 1.82) is 0 Å². The van der Waals surface area contributed by atoms with Crippen LogP contribution >= 0.6 is 0 Å². The molecule has 0 aromatic heterocycles. The molecule has 0 unspecified atom stereocenters. The summed E-state index contributed by atoms with van der Waals surface area (Å²) in [5.74, 6) is 1.72. The Kier molecular flexibility index (Phi) is 3.08. The first-order valence-electron chi connectivity index (χ1n) is 6.60. The van der Waals surface area contributed by atoms with Crippen LogP contribution in [0.3, 0.4) is 0 Å². The molecule has 0 radical (unpaired) electrons. The van der Waals surface area contributed by atoms with Crippen molar-refractivity contribution in [3.05, 3.63) is 24.3 Å². The van der Waals surface area contributed by atoms with Gasteiger partial charge in [0.15, 0.2) is 18.0 Å². The zero-order valence-electron chi connectivity index (χ0n) is 10.1. The molecule has 1 saturated carbocycles. The molecule has 0 bridgehead atoms. The van der Waals surface area contributed by atoms with Gasteiger partial charge in [0.2, 0.25) is 0 Å². The minimum Gasteiger partial charge on any atom is -0.432 e. The maximum atomic E-state index is 5.71. The summed E-state index contributed by atoms with van der Waals surface area (Å²) >= 11 is 0. The molecule has 0 saturated heterocycles. The minimum absolute atomic E-state index is 0.605. The van der Waals surface area contributed by atoms with Gasteiger partial charge in [-0.2, -0.15) is 0 Å². The second-order valence-corrected chi connectivity index (χ2v) is 5.03. The number of rotatable bonds is 2. The molecule has 1 aromatic rings. The van der Waals surface area contributed by atoms with Crippen molar-refractivity contribution >= 4 is 5.69 Å². The summed E-state index contributed by atoms with van der Waals surface area (Å²) in [6.45, 7) is 1.65. The fourth-order valence-corrected chi connectivity index (χ4v) is 2.75. The van der Waals surface area contributed by atoms with Crippen molar-refractivity contribution in [1.82, 2.24) is 0 Å². The number of nitrogens with zero attached hydrogens (tertiary/aromatic N) is 2. The fraction of sp³-hybridized carbons (Fsp3) is 0.571. The van der Waals surface area contributed by atoms with E-state index >= 15 is 0 Å². The lowest BCUT2D eigenvalue weighted by atomic mass is 9.89. The van der Waals surface area contributed by atoms with Gasteiger partial charge in [0.1, 0.15) is 0 Å². The Morgan fingerprint density at radius 3 is 2.88 bits per heavy atom. The number of hydrogen-bond acceptors (Lipinski definition) is 2. The summed E-state index contributed by atoms with van der Waals surface area (Å²) in [5, 5.41) is 4.65. The maximum absolute atomic E-state index is 5.71. The second kappa shape index (κ2) is 4.86. The van der Waals surface area contributed by atoms with Crippen molar-refractivity contribution in [3.63, 3.8) is 0 Å². The first-order valence-corrected chi connectivity index (χ1v) is 6.60. The number of hydrogen-bond donors (Lipinski definition) is 0. The smallest absolute Gasteiger partial charge is 0.311 e. The quantitative estimate of drug-likeness (QED) is 0.712. The van der Waals surface area contributed by atoms with Gasteiger partial charge in [0.05, 0.1) is 0 Å². The molecule has 0 amide bonds. The van der Waals surface area contributed by atoms with Crippen LogP contribution < -0.4 is 4.74 Å². The normalized spacial score (nSPS) is 20.4. The molecule has 1 heterocycles. The highest BCUT2D eigenvalue weighted by atomic mass is 16.5. The summed E-state index contributed by atoms with van der Waals surface area (Å²) < 4.78 is 7.79. The first-order chi connectivity index (χ1) is 8.42. The number of benzene rings is 1. The predicted octanol–water partition coefficient (Wildman–Crippen LogP) is 3.71. The molecule has 2 aliphatic rings. The van der Waals surface area contributed by atoms with Crippen LogP contribution in [0.5, 0.6) is 5.75 Å². The number of ether oxygens (including phenoxy) is 1. The van der Waals surface area contributed by atoms with E-state index in [1.165, 1.54) is 32.1 Å². The van der Waals surface area contributed by atoms with Gasteiger partial charge in [-0.25, -0.2) is 0 Å². The molecule has 90 valence electrons. The van der Waals surface area contributed by atoms with Gasteiger partial charge in [-0.3, -0.25) is 0 Å². The Morgan fingerprint density at radius 1 is 1.18 bits per heavy atom. The summed E-state index contributed by atoms with van der Waals surface area (Å²) in [6.07, 6.45) is 6.89. The van der Waals surface area contributed by atoms with Gasteiger partial charge in [0.25, 0.3) is 0 Å². The lowest BCUT2D eigenvalue weighted by molar-refractivity contribution is -0.625. The van der Waals surface area contributed by atoms with Crippen LogP contribution in [0.1, 0.15) is 32.1 Å². The van der Waals surface area contributed by atoms with Gasteiger partial charge >= 0.3 is 6.73 Å². The van der Waals surface area contributed by atoms with Crippen molar-refractivity contribution in [2.75, 3.05) is 13.3 Å². The molecule has 0 atom stereocenters. The van der Waals surface area contributed by atoms with Crippen LogP contribution in [-0.2, 0) is 0 Å². The van der Waals surface area contributed by atoms with Crippen LogP contribution in [0.4, 0.5) is 5.69 Å². The maximum Gasteiger partial charge on any atom is 0.311 e. The van der Waals surface area contributed by atoms with Crippen LogP contribution in [0, 0.1) is 5.92 Å². The van der Waals surface area contributed by atoms with Crippen molar-refractivity contribution < 1.29 is 9.43 Å². The molecule has 1 aliphatic heterocycles. The van der Waals surface area contributed by atoms with Crippen LogP contribution in [0.15, 0.2) is 29.4 Å². The Hall–Kier alpha value is -1.38. The molecule has 17 heavy (non-hydrogen) atoms. The monoisotopic (exact) mass is 231 g/mol. The molecular weight excluding hydrogens is 212 g/mol. The topological polar surface area (TPSA) is 24.6 Å². The molecule has 1 fully saturated rings. The predicted molar refractivity (Wildman–Crippen MR) is 65.7 cm³/mol. The lowest BCUT2D eigenvalue weighted by Gasteiger charge is -2.20. The van der Waals surface area contributed by atoms with E-state index in [1.807, 2.05) is 24.3 Å². The van der Waals surface area contributed by atoms with Gasteiger partial charge < -0.3 is 4.74 Å². The van der Waals surface area contributed by atoms with Crippen molar-refractivity contribution in [2.24, 2.45) is 11.0 Å². The molecule has 1 aliphatic carbocycles. The second-order valence-electron chi connectivity index (χ2n) is 5.03. The van der Waals surface area contributed by atoms with E-state index in [-0.39, 0.29) is 0 Å². The van der Waals surface area contributed by atoms with E-state index in [0.29, 0.717) is 6.73 Å². The van der Waals surface area contributed by atoms with E-state index < -0.39 is 0 Å². The lowest BCUT2D eigenvalue weighted by Crippen LogP contribution is -2.26. The summed E-state index contributed by atoms with van der Waals surface area (Å²) in [4.78, 5) is 0. The van der Waals surface area contributed by atoms with Crippen LogP contribution in [-0.4, -0.2) is 18.0 Å². The zero-order chi connectivity index (χ0) is 11.5. The third kappa shape index (κ3) is 2.48. The van der Waals surface area contributed by atoms with Crippen molar-refractivity contribution in [3.8, 4) is 5.75 Å². The largest absolute Gasteiger partial charge is 0.432 e. The van der Waals surface area contributed by atoms with Crippen molar-refractivity contribution in [2.45, 2.75) is 32.1 Å².